The highest BCUT2D eigenvalue weighted by Gasteiger charge is 2.02. The topological polar surface area (TPSA) is 37.8 Å². The number of benzene rings is 1. The summed E-state index contributed by atoms with van der Waals surface area (Å²) in [7, 11) is 0. The molecule has 18 heavy (non-hydrogen) atoms. The largest absolute Gasteiger partial charge is 0.366 e. The average molecular weight is 284 g/mol. The molecule has 0 fully saturated rings. The van der Waals surface area contributed by atoms with Crippen molar-refractivity contribution in [3.05, 3.63) is 46.9 Å². The van der Waals surface area contributed by atoms with Gasteiger partial charge in [-0.1, -0.05) is 35.5 Å². The second kappa shape index (κ2) is 6.02. The van der Waals surface area contributed by atoms with Gasteiger partial charge in [-0.3, -0.25) is 0 Å². The van der Waals surface area contributed by atoms with Crippen molar-refractivity contribution in [2.24, 2.45) is 0 Å². The molecule has 6 heteroatoms. The van der Waals surface area contributed by atoms with Crippen LogP contribution in [0.1, 0.15) is 5.56 Å². The van der Waals surface area contributed by atoms with Crippen LogP contribution in [0.15, 0.2) is 35.5 Å². The van der Waals surface area contributed by atoms with Gasteiger partial charge in [0.2, 0.25) is 0 Å². The average Bonchev–Trinajstić information content (AvgIpc) is 2.37. The smallest absolute Gasteiger partial charge is 0.190 e. The van der Waals surface area contributed by atoms with Crippen LogP contribution in [0, 0.1) is 5.82 Å². The van der Waals surface area contributed by atoms with Gasteiger partial charge in [-0.25, -0.2) is 14.4 Å². The molecule has 1 heterocycles. The van der Waals surface area contributed by atoms with Gasteiger partial charge in [0.05, 0.1) is 0 Å². The minimum atomic E-state index is -0.242. The highest BCUT2D eigenvalue weighted by molar-refractivity contribution is 7.98. The highest BCUT2D eigenvalue weighted by atomic mass is 35.5. The van der Waals surface area contributed by atoms with Crippen molar-refractivity contribution in [1.82, 2.24) is 9.97 Å². The Bertz CT molecular complexity index is 533. The summed E-state index contributed by atoms with van der Waals surface area (Å²) in [6.45, 7) is 0.557. The fourth-order valence-electron chi connectivity index (χ4n) is 1.37. The molecule has 0 atom stereocenters. The van der Waals surface area contributed by atoms with Crippen molar-refractivity contribution in [2.45, 2.75) is 11.7 Å². The molecule has 0 amide bonds. The molecule has 0 aliphatic carbocycles. The Labute approximate surface area is 114 Å². The molecule has 0 spiro atoms. The molecular formula is C12H11ClFN3S. The van der Waals surface area contributed by atoms with E-state index in [0.29, 0.717) is 22.7 Å². The zero-order chi connectivity index (χ0) is 13.0. The third-order valence-electron chi connectivity index (χ3n) is 2.24. The number of hydrogen-bond acceptors (Lipinski definition) is 4. The van der Waals surface area contributed by atoms with E-state index in [0.717, 1.165) is 5.56 Å². The number of rotatable bonds is 4. The Kier molecular flexibility index (Phi) is 4.38. The summed E-state index contributed by atoms with van der Waals surface area (Å²) in [4.78, 5) is 8.31. The number of nitrogens with one attached hydrogen (secondary N) is 1. The third kappa shape index (κ3) is 3.58. The first kappa shape index (κ1) is 13.1. The fourth-order valence-corrected chi connectivity index (χ4v) is 1.99. The van der Waals surface area contributed by atoms with E-state index < -0.39 is 0 Å². The van der Waals surface area contributed by atoms with Crippen LogP contribution in [0.25, 0.3) is 0 Å². The van der Waals surface area contributed by atoms with E-state index in [1.807, 2.05) is 6.26 Å². The molecule has 0 unspecified atom stereocenters. The molecule has 0 saturated carbocycles. The van der Waals surface area contributed by atoms with Gasteiger partial charge in [-0.15, -0.1) is 0 Å². The molecule has 0 saturated heterocycles. The van der Waals surface area contributed by atoms with Crippen LogP contribution < -0.4 is 5.32 Å². The van der Waals surface area contributed by atoms with Crippen LogP contribution in [-0.4, -0.2) is 16.2 Å². The van der Waals surface area contributed by atoms with Crippen LogP contribution >= 0.6 is 23.4 Å². The molecule has 1 N–H and O–H groups in total. The Balaban J connectivity index is 2.05. The number of thioether (sulfide) groups is 1. The molecule has 0 bridgehead atoms. The zero-order valence-corrected chi connectivity index (χ0v) is 11.2. The maximum Gasteiger partial charge on any atom is 0.190 e. The summed E-state index contributed by atoms with van der Waals surface area (Å²) in [6, 6.07) is 7.96. The van der Waals surface area contributed by atoms with Gasteiger partial charge < -0.3 is 5.32 Å². The van der Waals surface area contributed by atoms with Crippen molar-refractivity contribution in [2.75, 3.05) is 11.6 Å². The zero-order valence-electron chi connectivity index (χ0n) is 9.65. The molecule has 2 aromatic rings. The van der Waals surface area contributed by atoms with Crippen molar-refractivity contribution >= 4 is 29.2 Å². The summed E-state index contributed by atoms with van der Waals surface area (Å²) in [5.41, 5.74) is 0.969. The van der Waals surface area contributed by atoms with Crippen LogP contribution in [0.4, 0.5) is 10.2 Å². The van der Waals surface area contributed by atoms with Gasteiger partial charge in [0.15, 0.2) is 5.16 Å². The molecule has 1 aromatic heterocycles. The van der Waals surface area contributed by atoms with Crippen LogP contribution in [0.5, 0.6) is 0 Å². The van der Waals surface area contributed by atoms with Gasteiger partial charge in [0.1, 0.15) is 16.8 Å². The van der Waals surface area contributed by atoms with Crippen LogP contribution in [0.3, 0.4) is 0 Å². The first-order valence-electron chi connectivity index (χ1n) is 5.24. The lowest BCUT2D eigenvalue weighted by Crippen LogP contribution is -2.02. The Morgan fingerprint density at radius 2 is 2.00 bits per heavy atom. The lowest BCUT2D eigenvalue weighted by atomic mass is 10.2. The monoisotopic (exact) mass is 283 g/mol. The second-order valence-corrected chi connectivity index (χ2v) is 4.70. The summed E-state index contributed by atoms with van der Waals surface area (Å²) in [5, 5.41) is 4.14. The normalized spacial score (nSPS) is 10.4. The van der Waals surface area contributed by atoms with E-state index in [1.165, 1.54) is 23.9 Å². The molecule has 0 aliphatic heterocycles. The molecule has 94 valence electrons. The van der Waals surface area contributed by atoms with Crippen LogP contribution in [0.2, 0.25) is 5.15 Å². The van der Waals surface area contributed by atoms with Crippen molar-refractivity contribution in [3.8, 4) is 0 Å². The summed E-state index contributed by atoms with van der Waals surface area (Å²) in [6.07, 6.45) is 1.88. The molecule has 0 radical (unpaired) electrons. The fraction of sp³-hybridized carbons (Fsp3) is 0.167. The molecule has 1 aromatic carbocycles. The van der Waals surface area contributed by atoms with Gasteiger partial charge in [0, 0.05) is 12.6 Å². The van der Waals surface area contributed by atoms with E-state index in [9.17, 15) is 4.39 Å². The summed E-state index contributed by atoms with van der Waals surface area (Å²) >= 11 is 7.30. The van der Waals surface area contributed by atoms with E-state index >= 15 is 0 Å². The van der Waals surface area contributed by atoms with E-state index in [4.69, 9.17) is 11.6 Å². The molecular weight excluding hydrogens is 273 g/mol. The lowest BCUT2D eigenvalue weighted by Gasteiger charge is -2.07. The maximum atomic E-state index is 12.7. The quantitative estimate of drug-likeness (QED) is 0.528. The van der Waals surface area contributed by atoms with Gasteiger partial charge in [-0.2, -0.15) is 0 Å². The third-order valence-corrected chi connectivity index (χ3v) is 2.99. The minimum Gasteiger partial charge on any atom is -0.366 e. The number of aromatic nitrogens is 2. The van der Waals surface area contributed by atoms with Crippen molar-refractivity contribution in [1.29, 1.82) is 0 Å². The molecule has 2 rings (SSSR count). The minimum absolute atomic E-state index is 0.242. The Morgan fingerprint density at radius 3 is 2.67 bits per heavy atom. The van der Waals surface area contributed by atoms with Gasteiger partial charge in [-0.05, 0) is 24.0 Å². The summed E-state index contributed by atoms with van der Waals surface area (Å²) in [5.74, 6) is 0.414. The SMILES string of the molecule is CSc1nc(Cl)cc(NCc2ccc(F)cc2)n1. The van der Waals surface area contributed by atoms with Crippen molar-refractivity contribution < 1.29 is 4.39 Å². The van der Waals surface area contributed by atoms with Crippen molar-refractivity contribution in [3.63, 3.8) is 0 Å². The van der Waals surface area contributed by atoms with E-state index in [2.05, 4.69) is 15.3 Å². The predicted molar refractivity (Wildman–Crippen MR) is 72.5 cm³/mol. The first-order valence-corrected chi connectivity index (χ1v) is 6.84. The second-order valence-electron chi connectivity index (χ2n) is 3.54. The van der Waals surface area contributed by atoms with Gasteiger partial charge in [0.25, 0.3) is 0 Å². The number of halogens is 2. The Hall–Kier alpha value is -1.33. The van der Waals surface area contributed by atoms with Gasteiger partial charge >= 0.3 is 0 Å². The standard InChI is InChI=1S/C12H11ClFN3S/c1-18-12-16-10(13)6-11(17-12)15-7-8-2-4-9(14)5-3-8/h2-6H,7H2,1H3,(H,15,16,17). The highest BCUT2D eigenvalue weighted by Crippen LogP contribution is 2.17. The lowest BCUT2D eigenvalue weighted by molar-refractivity contribution is 0.627. The predicted octanol–water partition coefficient (Wildman–Crippen LogP) is 3.60. The molecule has 3 nitrogen and oxygen atoms in total. The molecule has 0 aliphatic rings. The number of nitrogens with zero attached hydrogens (tertiary/aromatic N) is 2. The van der Waals surface area contributed by atoms with E-state index in [1.54, 1.807) is 18.2 Å². The summed E-state index contributed by atoms with van der Waals surface area (Å²) < 4.78 is 12.7. The first-order chi connectivity index (χ1) is 8.67. The number of anilines is 1. The van der Waals surface area contributed by atoms with E-state index in [-0.39, 0.29) is 5.82 Å². The number of hydrogen-bond donors (Lipinski definition) is 1. The van der Waals surface area contributed by atoms with Crippen LogP contribution in [-0.2, 0) is 6.54 Å². The Morgan fingerprint density at radius 1 is 1.28 bits per heavy atom. The maximum absolute atomic E-state index is 12.7.